The number of aliphatic hydroxyl groups excluding tert-OH is 1. The SMILES string of the molecule is CC(C)N1CCN(c2cccc(/C(=C(/CCCO)C3=CCCC=C3)c3ccc(O)cc3)c2)CC1. The normalized spacial score (nSPS) is 17.6. The van der Waals surface area contributed by atoms with E-state index in [2.05, 4.69) is 66.1 Å². The summed E-state index contributed by atoms with van der Waals surface area (Å²) in [5.41, 5.74) is 7.23. The Bertz CT molecular complexity index is 1040. The largest absolute Gasteiger partial charge is 0.508 e. The van der Waals surface area contributed by atoms with E-state index in [1.54, 1.807) is 12.1 Å². The summed E-state index contributed by atoms with van der Waals surface area (Å²) in [6.45, 7) is 8.95. The molecule has 0 spiro atoms. The van der Waals surface area contributed by atoms with Gasteiger partial charge in [-0.15, -0.1) is 0 Å². The number of anilines is 1. The molecule has 0 aromatic heterocycles. The molecular weight excluding hydrogens is 420 g/mol. The average molecular weight is 459 g/mol. The zero-order chi connectivity index (χ0) is 23.9. The molecule has 1 aliphatic heterocycles. The third kappa shape index (κ3) is 5.81. The molecule has 1 aliphatic carbocycles. The van der Waals surface area contributed by atoms with Crippen LogP contribution >= 0.6 is 0 Å². The van der Waals surface area contributed by atoms with E-state index in [0.717, 1.165) is 57.4 Å². The summed E-state index contributed by atoms with van der Waals surface area (Å²) in [6, 6.07) is 17.0. The van der Waals surface area contributed by atoms with Crippen LogP contribution in [-0.2, 0) is 0 Å². The first-order valence-corrected chi connectivity index (χ1v) is 12.7. The summed E-state index contributed by atoms with van der Waals surface area (Å²) >= 11 is 0. The highest BCUT2D eigenvalue weighted by molar-refractivity contribution is 5.86. The first-order chi connectivity index (χ1) is 16.6. The monoisotopic (exact) mass is 458 g/mol. The number of allylic oxidation sites excluding steroid dienone is 5. The van der Waals surface area contributed by atoms with Gasteiger partial charge in [-0.2, -0.15) is 0 Å². The average Bonchev–Trinajstić information content (AvgIpc) is 2.88. The quantitative estimate of drug-likeness (QED) is 0.527. The Morgan fingerprint density at radius 2 is 1.71 bits per heavy atom. The van der Waals surface area contributed by atoms with Gasteiger partial charge in [-0.25, -0.2) is 0 Å². The molecule has 4 nitrogen and oxygen atoms in total. The molecule has 2 aromatic rings. The lowest BCUT2D eigenvalue weighted by molar-refractivity contribution is 0.209. The molecule has 4 rings (SSSR count). The number of phenolic OH excluding ortho intramolecular Hbond substituents is 1. The van der Waals surface area contributed by atoms with Gasteiger partial charge in [-0.1, -0.05) is 42.5 Å². The number of phenols is 1. The molecule has 1 fully saturated rings. The van der Waals surface area contributed by atoms with Crippen LogP contribution in [0.15, 0.2) is 77.9 Å². The minimum Gasteiger partial charge on any atom is -0.508 e. The maximum absolute atomic E-state index is 9.93. The Balaban J connectivity index is 1.77. The van der Waals surface area contributed by atoms with Crippen molar-refractivity contribution in [3.63, 3.8) is 0 Å². The molecule has 0 radical (unpaired) electrons. The molecule has 2 aliphatic rings. The van der Waals surface area contributed by atoms with Crippen LogP contribution in [0.5, 0.6) is 5.75 Å². The van der Waals surface area contributed by atoms with Gasteiger partial charge in [0.2, 0.25) is 0 Å². The minimum absolute atomic E-state index is 0.170. The Hall–Kier alpha value is -2.82. The van der Waals surface area contributed by atoms with Crippen molar-refractivity contribution in [3.8, 4) is 5.75 Å². The molecule has 180 valence electrons. The van der Waals surface area contributed by atoms with E-state index in [1.165, 1.54) is 28.0 Å². The van der Waals surface area contributed by atoms with E-state index in [-0.39, 0.29) is 12.4 Å². The molecule has 0 unspecified atom stereocenters. The predicted octanol–water partition coefficient (Wildman–Crippen LogP) is 5.77. The zero-order valence-corrected chi connectivity index (χ0v) is 20.6. The van der Waals surface area contributed by atoms with Crippen LogP contribution in [0.25, 0.3) is 5.57 Å². The van der Waals surface area contributed by atoms with Crippen LogP contribution in [0, 0.1) is 0 Å². The fourth-order valence-corrected chi connectivity index (χ4v) is 5.00. The van der Waals surface area contributed by atoms with E-state index in [1.807, 2.05) is 12.1 Å². The van der Waals surface area contributed by atoms with Crippen LogP contribution in [0.1, 0.15) is 50.7 Å². The molecule has 0 amide bonds. The highest BCUT2D eigenvalue weighted by Gasteiger charge is 2.21. The summed E-state index contributed by atoms with van der Waals surface area (Å²) < 4.78 is 0. The second-order valence-corrected chi connectivity index (χ2v) is 9.53. The van der Waals surface area contributed by atoms with Gasteiger partial charge in [0, 0.05) is 44.5 Å². The maximum Gasteiger partial charge on any atom is 0.115 e. The van der Waals surface area contributed by atoms with Crippen molar-refractivity contribution in [3.05, 3.63) is 89.0 Å². The van der Waals surface area contributed by atoms with Crippen molar-refractivity contribution in [1.82, 2.24) is 4.90 Å². The van der Waals surface area contributed by atoms with Gasteiger partial charge in [0.1, 0.15) is 5.75 Å². The topological polar surface area (TPSA) is 46.9 Å². The lowest BCUT2D eigenvalue weighted by atomic mass is 9.85. The van der Waals surface area contributed by atoms with Gasteiger partial charge >= 0.3 is 0 Å². The molecule has 4 heteroatoms. The van der Waals surface area contributed by atoms with E-state index < -0.39 is 0 Å². The number of aromatic hydroxyl groups is 1. The molecule has 2 N–H and O–H groups in total. The van der Waals surface area contributed by atoms with E-state index in [4.69, 9.17) is 0 Å². The van der Waals surface area contributed by atoms with Crippen molar-refractivity contribution < 1.29 is 10.2 Å². The molecule has 0 atom stereocenters. The second kappa shape index (κ2) is 11.5. The second-order valence-electron chi connectivity index (χ2n) is 9.53. The molecule has 34 heavy (non-hydrogen) atoms. The fraction of sp³-hybridized carbons (Fsp3) is 0.400. The highest BCUT2D eigenvalue weighted by atomic mass is 16.3. The smallest absolute Gasteiger partial charge is 0.115 e. The predicted molar refractivity (Wildman–Crippen MR) is 142 cm³/mol. The molecule has 0 bridgehead atoms. The number of nitrogens with zero attached hydrogens (tertiary/aromatic N) is 2. The summed E-state index contributed by atoms with van der Waals surface area (Å²) in [6.07, 6.45) is 10.4. The van der Waals surface area contributed by atoms with Gasteiger partial charge in [0.15, 0.2) is 0 Å². The van der Waals surface area contributed by atoms with Crippen molar-refractivity contribution >= 4 is 11.3 Å². The van der Waals surface area contributed by atoms with Gasteiger partial charge in [0.25, 0.3) is 0 Å². The van der Waals surface area contributed by atoms with Crippen LogP contribution in [-0.4, -0.2) is 53.9 Å². The standard InChI is InChI=1S/C30H38N2O2/c1-23(2)31-17-19-32(20-18-31)27-11-6-10-26(22-27)30(25-13-15-28(34)16-14-25)29(12-7-21-33)24-8-4-3-5-9-24/h4,6,8-11,13-16,22-23,33-34H,3,5,7,12,17-21H2,1-2H3/b30-29-. The molecule has 2 aromatic carbocycles. The highest BCUT2D eigenvalue weighted by Crippen LogP contribution is 2.36. The fourth-order valence-electron chi connectivity index (χ4n) is 5.00. The third-order valence-electron chi connectivity index (χ3n) is 6.93. The Kier molecular flexibility index (Phi) is 8.25. The van der Waals surface area contributed by atoms with E-state index in [9.17, 15) is 10.2 Å². The van der Waals surface area contributed by atoms with Crippen LogP contribution in [0.4, 0.5) is 5.69 Å². The lowest BCUT2D eigenvalue weighted by Gasteiger charge is -2.38. The molecule has 1 saturated heterocycles. The number of piperazine rings is 1. The van der Waals surface area contributed by atoms with Gasteiger partial charge in [-0.3, -0.25) is 4.90 Å². The molecule has 0 saturated carbocycles. The maximum atomic E-state index is 9.93. The Labute approximate surface area is 204 Å². The number of benzene rings is 2. The van der Waals surface area contributed by atoms with Crippen molar-refractivity contribution in [2.45, 2.75) is 45.6 Å². The van der Waals surface area contributed by atoms with Gasteiger partial charge < -0.3 is 15.1 Å². The van der Waals surface area contributed by atoms with E-state index >= 15 is 0 Å². The molecule has 1 heterocycles. The first kappa shape index (κ1) is 24.3. The van der Waals surface area contributed by atoms with Crippen LogP contribution in [0.3, 0.4) is 0 Å². The number of hydrogen-bond acceptors (Lipinski definition) is 4. The molecular formula is C30H38N2O2. The minimum atomic E-state index is 0.170. The third-order valence-corrected chi connectivity index (χ3v) is 6.93. The number of rotatable bonds is 8. The van der Waals surface area contributed by atoms with Crippen molar-refractivity contribution in [2.24, 2.45) is 0 Å². The van der Waals surface area contributed by atoms with Gasteiger partial charge in [-0.05, 0) is 91.6 Å². The number of hydrogen-bond donors (Lipinski definition) is 2. The van der Waals surface area contributed by atoms with Crippen LogP contribution < -0.4 is 4.90 Å². The first-order valence-electron chi connectivity index (χ1n) is 12.7. The van der Waals surface area contributed by atoms with Crippen molar-refractivity contribution in [2.75, 3.05) is 37.7 Å². The number of aliphatic hydroxyl groups is 1. The summed E-state index contributed by atoms with van der Waals surface area (Å²) in [5.74, 6) is 0.272. The summed E-state index contributed by atoms with van der Waals surface area (Å²) in [7, 11) is 0. The summed E-state index contributed by atoms with van der Waals surface area (Å²) in [4.78, 5) is 5.03. The van der Waals surface area contributed by atoms with Gasteiger partial charge in [0.05, 0.1) is 0 Å². The lowest BCUT2D eigenvalue weighted by Crippen LogP contribution is -2.48. The van der Waals surface area contributed by atoms with Crippen molar-refractivity contribution in [1.29, 1.82) is 0 Å². The van der Waals surface area contributed by atoms with Crippen LogP contribution in [0.2, 0.25) is 0 Å². The zero-order valence-electron chi connectivity index (χ0n) is 20.6. The van der Waals surface area contributed by atoms with E-state index in [0.29, 0.717) is 6.04 Å². The Morgan fingerprint density at radius 3 is 2.35 bits per heavy atom. The summed E-state index contributed by atoms with van der Waals surface area (Å²) in [5, 5.41) is 19.6. The Morgan fingerprint density at radius 1 is 0.941 bits per heavy atom.